The first-order chi connectivity index (χ1) is 9.88. The summed E-state index contributed by atoms with van der Waals surface area (Å²) < 4.78 is 4.03. The summed E-state index contributed by atoms with van der Waals surface area (Å²) in [5.41, 5.74) is 1.15. The van der Waals surface area contributed by atoms with E-state index in [0.29, 0.717) is 6.04 Å². The smallest absolute Gasteiger partial charge is 0.193 e. The molecule has 3 aromatic heterocycles. The number of thiazole rings is 1. The van der Waals surface area contributed by atoms with Crippen LogP contribution in [0.15, 0.2) is 30.4 Å². The van der Waals surface area contributed by atoms with Gasteiger partial charge in [-0.25, -0.2) is 9.97 Å². The predicted octanol–water partition coefficient (Wildman–Crippen LogP) is 1.65. The number of fused-ring (bicyclic) bond motifs is 1. The number of aromatic nitrogens is 5. The maximum atomic E-state index is 4.67. The van der Waals surface area contributed by atoms with Crippen molar-refractivity contribution in [1.82, 2.24) is 29.0 Å². The molecule has 104 valence electrons. The van der Waals surface area contributed by atoms with Crippen LogP contribution in [0.5, 0.6) is 0 Å². The minimum atomic E-state index is 0.538. The third-order valence-corrected chi connectivity index (χ3v) is 4.64. The van der Waals surface area contributed by atoms with Crippen LogP contribution in [0.3, 0.4) is 0 Å². The van der Waals surface area contributed by atoms with Crippen molar-refractivity contribution in [2.45, 2.75) is 32.0 Å². The molecule has 0 saturated carbocycles. The van der Waals surface area contributed by atoms with Gasteiger partial charge in [-0.2, -0.15) is 5.10 Å². The standard InChI is InChI=1S/C13H16N6S/c1-2-12(8-19-10-14-9-15-19)17(3-1)6-11-7-18-4-5-20-13(18)16-11/h4-5,7,9-10,12H,1-3,6,8H2/t12-/m1/s1. The topological polar surface area (TPSA) is 51.2 Å². The van der Waals surface area contributed by atoms with Crippen LogP contribution in [0.25, 0.3) is 4.96 Å². The zero-order valence-electron chi connectivity index (χ0n) is 11.1. The molecule has 1 atom stereocenters. The molecule has 0 spiro atoms. The van der Waals surface area contributed by atoms with Gasteiger partial charge >= 0.3 is 0 Å². The highest BCUT2D eigenvalue weighted by Crippen LogP contribution is 2.21. The minimum absolute atomic E-state index is 0.538. The summed E-state index contributed by atoms with van der Waals surface area (Å²) in [6, 6.07) is 0.538. The summed E-state index contributed by atoms with van der Waals surface area (Å²) in [6.07, 6.45) is 10.1. The molecule has 7 heteroatoms. The molecule has 0 aromatic carbocycles. The van der Waals surface area contributed by atoms with E-state index in [-0.39, 0.29) is 0 Å². The summed E-state index contributed by atoms with van der Waals surface area (Å²) in [4.78, 5) is 12.3. The Morgan fingerprint density at radius 2 is 2.40 bits per heavy atom. The molecule has 20 heavy (non-hydrogen) atoms. The number of nitrogens with zero attached hydrogens (tertiary/aromatic N) is 6. The molecule has 1 fully saturated rings. The molecule has 0 N–H and O–H groups in total. The normalized spacial score (nSPS) is 20.1. The van der Waals surface area contributed by atoms with Crippen molar-refractivity contribution < 1.29 is 0 Å². The molecule has 1 aliphatic heterocycles. The van der Waals surface area contributed by atoms with Crippen molar-refractivity contribution >= 4 is 16.3 Å². The van der Waals surface area contributed by atoms with Gasteiger partial charge in [0.1, 0.15) is 12.7 Å². The van der Waals surface area contributed by atoms with Gasteiger partial charge in [0.15, 0.2) is 4.96 Å². The lowest BCUT2D eigenvalue weighted by atomic mass is 10.2. The van der Waals surface area contributed by atoms with Crippen molar-refractivity contribution in [3.63, 3.8) is 0 Å². The summed E-state index contributed by atoms with van der Waals surface area (Å²) in [5.74, 6) is 0. The van der Waals surface area contributed by atoms with Crippen LogP contribution >= 0.6 is 11.3 Å². The Morgan fingerprint density at radius 1 is 1.40 bits per heavy atom. The molecule has 0 aliphatic carbocycles. The fourth-order valence-electron chi connectivity index (χ4n) is 2.91. The number of rotatable bonds is 4. The lowest BCUT2D eigenvalue weighted by Gasteiger charge is -2.23. The molecular formula is C13H16N6S. The quantitative estimate of drug-likeness (QED) is 0.732. The van der Waals surface area contributed by atoms with Gasteiger partial charge in [0.25, 0.3) is 0 Å². The second-order valence-corrected chi connectivity index (χ2v) is 6.08. The maximum Gasteiger partial charge on any atom is 0.193 e. The lowest BCUT2D eigenvalue weighted by Crippen LogP contribution is -2.32. The molecule has 0 bridgehead atoms. The average Bonchev–Trinajstić information content (AvgIpc) is 3.16. The van der Waals surface area contributed by atoms with Crippen molar-refractivity contribution in [1.29, 1.82) is 0 Å². The lowest BCUT2D eigenvalue weighted by molar-refractivity contribution is 0.217. The first-order valence-corrected chi connectivity index (χ1v) is 7.74. The van der Waals surface area contributed by atoms with E-state index in [0.717, 1.165) is 30.3 Å². The molecule has 4 heterocycles. The average molecular weight is 288 g/mol. The summed E-state index contributed by atoms with van der Waals surface area (Å²) in [7, 11) is 0. The second-order valence-electron chi connectivity index (χ2n) is 5.21. The molecule has 0 unspecified atom stereocenters. The van der Waals surface area contributed by atoms with Gasteiger partial charge in [-0.3, -0.25) is 14.0 Å². The summed E-state index contributed by atoms with van der Waals surface area (Å²) in [5, 5.41) is 6.27. The van der Waals surface area contributed by atoms with Gasteiger partial charge < -0.3 is 0 Å². The molecule has 1 saturated heterocycles. The van der Waals surface area contributed by atoms with Crippen LogP contribution in [-0.2, 0) is 13.1 Å². The highest BCUT2D eigenvalue weighted by molar-refractivity contribution is 7.15. The first-order valence-electron chi connectivity index (χ1n) is 6.86. The van der Waals surface area contributed by atoms with Crippen LogP contribution < -0.4 is 0 Å². The van der Waals surface area contributed by atoms with Gasteiger partial charge in [-0.15, -0.1) is 11.3 Å². The Balaban J connectivity index is 1.48. The Hall–Kier alpha value is -1.73. The van der Waals surface area contributed by atoms with Crippen LogP contribution in [0.2, 0.25) is 0 Å². The fourth-order valence-corrected chi connectivity index (χ4v) is 3.63. The molecule has 0 amide bonds. The SMILES string of the molecule is c1ncn(C[C@H]2CCCN2Cc2cn3ccsc3n2)n1. The summed E-state index contributed by atoms with van der Waals surface area (Å²) in [6.45, 7) is 2.99. The second kappa shape index (κ2) is 4.99. The van der Waals surface area contributed by atoms with E-state index in [1.807, 2.05) is 4.68 Å². The van der Waals surface area contributed by atoms with Crippen molar-refractivity contribution in [2.24, 2.45) is 0 Å². The van der Waals surface area contributed by atoms with Gasteiger partial charge in [0.05, 0.1) is 12.2 Å². The summed E-state index contributed by atoms with van der Waals surface area (Å²) >= 11 is 1.68. The predicted molar refractivity (Wildman–Crippen MR) is 76.5 cm³/mol. The first kappa shape index (κ1) is 12.0. The zero-order valence-corrected chi connectivity index (χ0v) is 11.9. The molecule has 6 nitrogen and oxygen atoms in total. The molecular weight excluding hydrogens is 272 g/mol. The van der Waals surface area contributed by atoms with Gasteiger partial charge in [0, 0.05) is 30.4 Å². The monoisotopic (exact) mass is 288 g/mol. The minimum Gasteiger partial charge on any atom is -0.297 e. The van der Waals surface area contributed by atoms with Crippen molar-refractivity contribution in [2.75, 3.05) is 6.54 Å². The van der Waals surface area contributed by atoms with E-state index in [1.165, 1.54) is 12.8 Å². The molecule has 1 aliphatic rings. The van der Waals surface area contributed by atoms with Gasteiger partial charge in [0.2, 0.25) is 0 Å². The zero-order chi connectivity index (χ0) is 13.4. The van der Waals surface area contributed by atoms with E-state index < -0.39 is 0 Å². The number of hydrogen-bond acceptors (Lipinski definition) is 5. The van der Waals surface area contributed by atoms with Crippen LogP contribution in [0.1, 0.15) is 18.5 Å². The Bertz CT molecular complexity index is 656. The number of likely N-dealkylation sites (tertiary alicyclic amines) is 1. The molecule has 0 radical (unpaired) electrons. The number of imidazole rings is 1. The van der Waals surface area contributed by atoms with E-state index in [1.54, 1.807) is 24.0 Å². The third kappa shape index (κ3) is 2.23. The Morgan fingerprint density at radius 3 is 3.25 bits per heavy atom. The van der Waals surface area contributed by atoms with Crippen LogP contribution in [-0.4, -0.2) is 41.6 Å². The van der Waals surface area contributed by atoms with E-state index in [4.69, 9.17) is 0 Å². The fraction of sp³-hybridized carbons (Fsp3) is 0.462. The highest BCUT2D eigenvalue weighted by Gasteiger charge is 2.25. The van der Waals surface area contributed by atoms with Crippen LogP contribution in [0.4, 0.5) is 0 Å². The van der Waals surface area contributed by atoms with E-state index in [2.05, 4.69) is 42.1 Å². The number of hydrogen-bond donors (Lipinski definition) is 0. The third-order valence-electron chi connectivity index (χ3n) is 3.87. The molecule has 3 aromatic rings. The maximum absolute atomic E-state index is 4.67. The van der Waals surface area contributed by atoms with Crippen molar-refractivity contribution in [3.05, 3.63) is 36.1 Å². The van der Waals surface area contributed by atoms with Crippen LogP contribution in [0, 0.1) is 0 Å². The molecule has 4 rings (SSSR count). The van der Waals surface area contributed by atoms with Crippen molar-refractivity contribution in [3.8, 4) is 0 Å². The van der Waals surface area contributed by atoms with E-state index >= 15 is 0 Å². The Labute approximate surface area is 120 Å². The van der Waals surface area contributed by atoms with Gasteiger partial charge in [-0.05, 0) is 19.4 Å². The van der Waals surface area contributed by atoms with Gasteiger partial charge in [-0.1, -0.05) is 0 Å². The highest BCUT2D eigenvalue weighted by atomic mass is 32.1. The van der Waals surface area contributed by atoms with E-state index in [9.17, 15) is 0 Å². The Kier molecular flexibility index (Phi) is 3.00. The largest absolute Gasteiger partial charge is 0.297 e.